The highest BCUT2D eigenvalue weighted by molar-refractivity contribution is 5.64. The number of pyridine rings is 1. The number of fused-ring (bicyclic) bond motifs is 1. The normalized spacial score (nSPS) is 15.9. The molecule has 0 amide bonds. The molecule has 1 unspecified atom stereocenters. The Morgan fingerprint density at radius 2 is 1.88 bits per heavy atom. The van der Waals surface area contributed by atoms with E-state index in [9.17, 15) is 4.79 Å². The van der Waals surface area contributed by atoms with Gasteiger partial charge in [-0.2, -0.15) is 0 Å². The van der Waals surface area contributed by atoms with Gasteiger partial charge in [0.05, 0.1) is 0 Å². The number of nitrogens with one attached hydrogen (secondary N) is 1. The summed E-state index contributed by atoms with van der Waals surface area (Å²) in [7, 11) is 0. The van der Waals surface area contributed by atoms with Gasteiger partial charge in [-0.25, -0.2) is 4.98 Å². The number of aromatic nitrogens is 3. The minimum Gasteiger partial charge on any atom is -0.307 e. The van der Waals surface area contributed by atoms with E-state index in [0.29, 0.717) is 5.82 Å². The maximum absolute atomic E-state index is 12.0. The molecule has 0 aliphatic carbocycles. The molecule has 0 fully saturated rings. The Bertz CT molecular complexity index is 1270. The zero-order valence-electron chi connectivity index (χ0n) is 20.1. The number of benzene rings is 1. The van der Waals surface area contributed by atoms with Crippen LogP contribution in [0.1, 0.15) is 49.1 Å². The van der Waals surface area contributed by atoms with E-state index in [2.05, 4.69) is 78.1 Å². The van der Waals surface area contributed by atoms with E-state index in [0.717, 1.165) is 36.3 Å². The fourth-order valence-electron chi connectivity index (χ4n) is 4.48. The van der Waals surface area contributed by atoms with Crippen molar-refractivity contribution in [2.24, 2.45) is 0 Å². The van der Waals surface area contributed by atoms with Crippen molar-refractivity contribution in [2.45, 2.75) is 53.6 Å². The minimum atomic E-state index is -0.117. The molecule has 2 aromatic heterocycles. The van der Waals surface area contributed by atoms with Crippen LogP contribution in [-0.4, -0.2) is 32.4 Å². The van der Waals surface area contributed by atoms with Crippen molar-refractivity contribution in [3.05, 3.63) is 99.0 Å². The number of rotatable bonds is 5. The quantitative estimate of drug-likeness (QED) is 0.551. The molecule has 1 N–H and O–H groups in total. The topological polar surface area (TPSA) is 61.9 Å². The number of hydrogen-bond donors (Lipinski definition) is 1. The maximum Gasteiger partial charge on any atom is 0.251 e. The molecule has 1 aliphatic heterocycles. The fourth-order valence-corrected chi connectivity index (χ4v) is 4.48. The SMILES string of the molecule is C/C=C\C(/C(C)=C(/C)c1nc(C)cc(=O)[nH]1)N1CCc2ncc(-c3ccc(C)cc3)cc2C1. The Balaban J connectivity index is 1.66. The van der Waals surface area contributed by atoms with Crippen LogP contribution in [-0.2, 0) is 13.0 Å². The van der Waals surface area contributed by atoms with Gasteiger partial charge in [0.1, 0.15) is 5.82 Å². The van der Waals surface area contributed by atoms with Gasteiger partial charge in [-0.1, -0.05) is 42.0 Å². The molecular weight excluding hydrogens is 408 g/mol. The third-order valence-corrected chi connectivity index (χ3v) is 6.48. The average Bonchev–Trinajstić information content (AvgIpc) is 2.81. The molecule has 1 atom stereocenters. The number of allylic oxidation sites excluding steroid dienone is 2. The summed E-state index contributed by atoms with van der Waals surface area (Å²) < 4.78 is 0. The Morgan fingerprint density at radius 1 is 1.12 bits per heavy atom. The molecule has 4 rings (SSSR count). The van der Waals surface area contributed by atoms with Gasteiger partial charge >= 0.3 is 0 Å². The lowest BCUT2D eigenvalue weighted by molar-refractivity contribution is 0.230. The van der Waals surface area contributed by atoms with E-state index < -0.39 is 0 Å². The summed E-state index contributed by atoms with van der Waals surface area (Å²) in [5.74, 6) is 0.646. The standard InChI is InChI=1S/C28H32N4O/c1-6-7-26(20(4)21(5)28-30-19(3)14-27(33)31-28)32-13-12-25-24(17-32)15-23(16-29-25)22-10-8-18(2)9-11-22/h6-11,14-16,26H,12-13,17H2,1-5H3,(H,30,31,33)/b7-6-,21-20-. The van der Waals surface area contributed by atoms with Crippen molar-refractivity contribution in [3.8, 4) is 11.1 Å². The van der Waals surface area contributed by atoms with E-state index in [4.69, 9.17) is 4.98 Å². The number of aromatic amines is 1. The largest absolute Gasteiger partial charge is 0.307 e. The minimum absolute atomic E-state index is 0.117. The molecule has 3 heterocycles. The molecule has 0 bridgehead atoms. The summed E-state index contributed by atoms with van der Waals surface area (Å²) >= 11 is 0. The van der Waals surface area contributed by atoms with Crippen LogP contribution in [0, 0.1) is 13.8 Å². The van der Waals surface area contributed by atoms with Crippen LogP contribution in [0.2, 0.25) is 0 Å². The summed E-state index contributed by atoms with van der Waals surface area (Å²) in [6.45, 7) is 12.0. The van der Waals surface area contributed by atoms with Crippen LogP contribution >= 0.6 is 0 Å². The molecule has 3 aromatic rings. The van der Waals surface area contributed by atoms with Crippen LogP contribution in [0.15, 0.2) is 65.1 Å². The predicted molar refractivity (Wildman–Crippen MR) is 135 cm³/mol. The Hall–Kier alpha value is -3.31. The summed E-state index contributed by atoms with van der Waals surface area (Å²) in [6.07, 6.45) is 7.25. The first kappa shape index (κ1) is 22.9. The van der Waals surface area contributed by atoms with Gasteiger partial charge in [-0.3, -0.25) is 14.7 Å². The van der Waals surface area contributed by atoms with Crippen molar-refractivity contribution in [1.29, 1.82) is 0 Å². The zero-order valence-corrected chi connectivity index (χ0v) is 20.1. The molecule has 5 nitrogen and oxygen atoms in total. The van der Waals surface area contributed by atoms with Crippen LogP contribution in [0.4, 0.5) is 0 Å². The highest BCUT2D eigenvalue weighted by Gasteiger charge is 2.25. The summed E-state index contributed by atoms with van der Waals surface area (Å²) in [5, 5.41) is 0. The molecule has 1 aromatic carbocycles. The van der Waals surface area contributed by atoms with Gasteiger partial charge in [0, 0.05) is 54.8 Å². The van der Waals surface area contributed by atoms with E-state index in [-0.39, 0.29) is 11.6 Å². The smallest absolute Gasteiger partial charge is 0.251 e. The molecule has 5 heteroatoms. The first-order valence-corrected chi connectivity index (χ1v) is 11.5. The molecule has 33 heavy (non-hydrogen) atoms. The van der Waals surface area contributed by atoms with Crippen LogP contribution in [0.5, 0.6) is 0 Å². The van der Waals surface area contributed by atoms with Crippen LogP contribution in [0.25, 0.3) is 16.7 Å². The van der Waals surface area contributed by atoms with Crippen molar-refractivity contribution >= 4 is 5.57 Å². The van der Waals surface area contributed by atoms with Crippen LogP contribution in [0.3, 0.4) is 0 Å². The Kier molecular flexibility index (Phi) is 6.70. The van der Waals surface area contributed by atoms with Crippen molar-refractivity contribution in [3.63, 3.8) is 0 Å². The third-order valence-electron chi connectivity index (χ3n) is 6.48. The second-order valence-corrected chi connectivity index (χ2v) is 8.93. The van der Waals surface area contributed by atoms with Crippen molar-refractivity contribution in [1.82, 2.24) is 19.9 Å². The molecular formula is C28H32N4O. The van der Waals surface area contributed by atoms with E-state index in [1.54, 1.807) is 0 Å². The number of H-pyrrole nitrogens is 1. The first-order valence-electron chi connectivity index (χ1n) is 11.5. The van der Waals surface area contributed by atoms with Gasteiger partial charge in [0.25, 0.3) is 5.56 Å². The molecule has 0 spiro atoms. The second kappa shape index (κ2) is 9.67. The van der Waals surface area contributed by atoms with Gasteiger partial charge in [0.15, 0.2) is 0 Å². The molecule has 0 saturated heterocycles. The van der Waals surface area contributed by atoms with Crippen LogP contribution < -0.4 is 5.56 Å². The van der Waals surface area contributed by atoms with Gasteiger partial charge in [-0.15, -0.1) is 0 Å². The first-order chi connectivity index (χ1) is 15.9. The Labute approximate surface area is 195 Å². The summed E-state index contributed by atoms with van der Waals surface area (Å²) in [6, 6.07) is 12.5. The average molecular weight is 441 g/mol. The van der Waals surface area contributed by atoms with Crippen molar-refractivity contribution in [2.75, 3.05) is 6.54 Å². The highest BCUT2D eigenvalue weighted by atomic mass is 16.1. The van der Waals surface area contributed by atoms with Crippen molar-refractivity contribution < 1.29 is 0 Å². The lowest BCUT2D eigenvalue weighted by Crippen LogP contribution is -2.39. The van der Waals surface area contributed by atoms with Gasteiger partial charge in [0.2, 0.25) is 0 Å². The summed E-state index contributed by atoms with van der Waals surface area (Å²) in [4.78, 5) is 26.7. The number of aryl methyl sites for hydroxylation is 2. The third kappa shape index (κ3) is 5.04. The fraction of sp³-hybridized carbons (Fsp3) is 0.321. The monoisotopic (exact) mass is 440 g/mol. The maximum atomic E-state index is 12.0. The van der Waals surface area contributed by atoms with E-state index in [1.807, 2.05) is 20.0 Å². The van der Waals surface area contributed by atoms with Gasteiger partial charge in [-0.05, 0) is 63.0 Å². The Morgan fingerprint density at radius 3 is 2.58 bits per heavy atom. The summed E-state index contributed by atoms with van der Waals surface area (Å²) in [5.41, 5.74) is 8.88. The molecule has 1 aliphatic rings. The highest BCUT2D eigenvalue weighted by Crippen LogP contribution is 2.29. The number of hydrogen-bond acceptors (Lipinski definition) is 4. The van der Waals surface area contributed by atoms with Gasteiger partial charge < -0.3 is 4.98 Å². The van der Waals surface area contributed by atoms with E-state index >= 15 is 0 Å². The lowest BCUT2D eigenvalue weighted by atomic mass is 9.95. The predicted octanol–water partition coefficient (Wildman–Crippen LogP) is 5.25. The molecule has 0 saturated carbocycles. The number of nitrogens with zero attached hydrogens (tertiary/aromatic N) is 3. The zero-order chi connectivity index (χ0) is 23.5. The second-order valence-electron chi connectivity index (χ2n) is 8.93. The molecule has 170 valence electrons. The van der Waals surface area contributed by atoms with E-state index in [1.165, 1.54) is 34.0 Å². The molecule has 0 radical (unpaired) electrons. The lowest BCUT2D eigenvalue weighted by Gasteiger charge is -2.35.